The van der Waals surface area contributed by atoms with Crippen LogP contribution in [0.3, 0.4) is 0 Å². The molecule has 1 aromatic rings. The second kappa shape index (κ2) is 7.02. The van der Waals surface area contributed by atoms with Crippen molar-refractivity contribution in [2.45, 2.75) is 6.54 Å². The van der Waals surface area contributed by atoms with Crippen LogP contribution in [-0.2, 0) is 6.54 Å². The Kier molecular flexibility index (Phi) is 5.33. The Bertz CT molecular complexity index is 377. The molecule has 0 aromatic carbocycles. The zero-order chi connectivity index (χ0) is 11.9. The van der Waals surface area contributed by atoms with E-state index >= 15 is 0 Å². The Labute approximate surface area is 111 Å². The molecule has 17 heavy (non-hydrogen) atoms. The van der Waals surface area contributed by atoms with Crippen LogP contribution >= 0.6 is 23.1 Å². The number of rotatable bonds is 5. The summed E-state index contributed by atoms with van der Waals surface area (Å²) in [6.07, 6.45) is 0. The number of hydrogen-bond donors (Lipinski definition) is 1. The average molecular weight is 267 g/mol. The van der Waals surface area contributed by atoms with Gasteiger partial charge in [0.2, 0.25) is 0 Å². The fourth-order valence-corrected chi connectivity index (χ4v) is 3.56. The van der Waals surface area contributed by atoms with Crippen molar-refractivity contribution in [3.8, 4) is 6.07 Å². The van der Waals surface area contributed by atoms with Gasteiger partial charge in [0.05, 0.1) is 5.56 Å². The molecule has 1 aliphatic heterocycles. The number of thiophene rings is 1. The molecule has 3 nitrogen and oxygen atoms in total. The van der Waals surface area contributed by atoms with Crippen LogP contribution in [0, 0.1) is 11.3 Å². The lowest BCUT2D eigenvalue weighted by Crippen LogP contribution is -2.37. The molecule has 0 bridgehead atoms. The first kappa shape index (κ1) is 12.9. The predicted octanol–water partition coefficient (Wildman–Crippen LogP) is 1.76. The summed E-state index contributed by atoms with van der Waals surface area (Å²) in [4.78, 5) is 3.76. The van der Waals surface area contributed by atoms with Gasteiger partial charge in [0.25, 0.3) is 0 Å². The van der Waals surface area contributed by atoms with Gasteiger partial charge < -0.3 is 10.2 Å². The smallest absolute Gasteiger partial charge is 0.100 e. The van der Waals surface area contributed by atoms with E-state index in [9.17, 15) is 0 Å². The van der Waals surface area contributed by atoms with Crippen molar-refractivity contribution in [1.82, 2.24) is 10.2 Å². The molecular formula is C12H17N3S2. The monoisotopic (exact) mass is 267 g/mol. The first-order valence-electron chi connectivity index (χ1n) is 5.87. The molecule has 92 valence electrons. The Morgan fingerprint density at radius 3 is 2.94 bits per heavy atom. The first-order valence-corrected chi connectivity index (χ1v) is 7.90. The molecule has 1 aromatic heterocycles. The molecule has 0 amide bonds. The Morgan fingerprint density at radius 2 is 2.24 bits per heavy atom. The maximum Gasteiger partial charge on any atom is 0.100 e. The number of nitriles is 1. The van der Waals surface area contributed by atoms with Gasteiger partial charge in [0.1, 0.15) is 6.07 Å². The summed E-state index contributed by atoms with van der Waals surface area (Å²) in [5.74, 6) is 2.55. The highest BCUT2D eigenvalue weighted by Gasteiger charge is 2.09. The van der Waals surface area contributed by atoms with Crippen molar-refractivity contribution in [2.24, 2.45) is 0 Å². The standard InChI is InChI=1S/C12H17N3S2/c13-8-11-7-12(17-10-11)9-14-1-2-15-3-5-16-6-4-15/h7,10,14H,1-6,9H2. The maximum absolute atomic E-state index is 8.72. The molecule has 5 heteroatoms. The molecule has 1 fully saturated rings. The average Bonchev–Trinajstić information content (AvgIpc) is 2.84. The minimum Gasteiger partial charge on any atom is -0.311 e. The molecule has 0 atom stereocenters. The van der Waals surface area contributed by atoms with Crippen molar-refractivity contribution in [2.75, 3.05) is 37.7 Å². The van der Waals surface area contributed by atoms with Crippen LogP contribution in [-0.4, -0.2) is 42.6 Å². The summed E-state index contributed by atoms with van der Waals surface area (Å²) >= 11 is 3.71. The van der Waals surface area contributed by atoms with Crippen LogP contribution in [0.25, 0.3) is 0 Å². The largest absolute Gasteiger partial charge is 0.311 e. The van der Waals surface area contributed by atoms with Gasteiger partial charge in [-0.1, -0.05) is 0 Å². The third-order valence-corrected chi connectivity index (χ3v) is 4.67. The molecule has 0 spiro atoms. The fourth-order valence-electron chi connectivity index (χ4n) is 1.81. The minimum atomic E-state index is 0.778. The summed E-state index contributed by atoms with van der Waals surface area (Å²) in [6.45, 7) is 5.50. The van der Waals surface area contributed by atoms with Gasteiger partial charge in [-0.05, 0) is 6.07 Å². The van der Waals surface area contributed by atoms with Crippen molar-refractivity contribution in [3.63, 3.8) is 0 Å². The lowest BCUT2D eigenvalue weighted by molar-refractivity contribution is 0.301. The summed E-state index contributed by atoms with van der Waals surface area (Å²) < 4.78 is 0. The third-order valence-electron chi connectivity index (χ3n) is 2.79. The molecule has 1 saturated heterocycles. The number of thioether (sulfide) groups is 1. The number of nitrogens with one attached hydrogen (secondary N) is 1. The van der Waals surface area contributed by atoms with Gasteiger partial charge in [-0.15, -0.1) is 11.3 Å². The van der Waals surface area contributed by atoms with E-state index in [1.165, 1.54) is 29.5 Å². The highest BCUT2D eigenvalue weighted by molar-refractivity contribution is 7.99. The second-order valence-electron chi connectivity index (χ2n) is 4.04. The van der Waals surface area contributed by atoms with Crippen molar-refractivity contribution in [3.05, 3.63) is 21.9 Å². The van der Waals surface area contributed by atoms with Crippen LogP contribution in [0.2, 0.25) is 0 Å². The highest BCUT2D eigenvalue weighted by Crippen LogP contribution is 2.13. The molecule has 1 aliphatic rings. The first-order chi connectivity index (χ1) is 8.38. The van der Waals surface area contributed by atoms with E-state index in [-0.39, 0.29) is 0 Å². The van der Waals surface area contributed by atoms with E-state index in [0.717, 1.165) is 25.2 Å². The van der Waals surface area contributed by atoms with Crippen molar-refractivity contribution < 1.29 is 0 Å². The van der Waals surface area contributed by atoms with Crippen LogP contribution < -0.4 is 5.32 Å². The summed E-state index contributed by atoms with van der Waals surface area (Å²) in [5.41, 5.74) is 0.778. The fraction of sp³-hybridized carbons (Fsp3) is 0.583. The van der Waals surface area contributed by atoms with Crippen LogP contribution in [0.15, 0.2) is 11.4 Å². The number of hydrogen-bond acceptors (Lipinski definition) is 5. The molecule has 0 saturated carbocycles. The molecule has 0 unspecified atom stereocenters. The summed E-state index contributed by atoms with van der Waals surface area (Å²) in [7, 11) is 0. The molecule has 2 rings (SSSR count). The van der Waals surface area contributed by atoms with Crippen LogP contribution in [0.1, 0.15) is 10.4 Å². The van der Waals surface area contributed by atoms with Gasteiger partial charge in [0.15, 0.2) is 0 Å². The summed E-state index contributed by atoms with van der Waals surface area (Å²) in [5, 5.41) is 14.1. The Morgan fingerprint density at radius 1 is 1.41 bits per heavy atom. The van der Waals surface area contributed by atoms with Crippen LogP contribution in [0.4, 0.5) is 0 Å². The Balaban J connectivity index is 1.61. The van der Waals surface area contributed by atoms with E-state index in [2.05, 4.69) is 16.3 Å². The van der Waals surface area contributed by atoms with E-state index < -0.39 is 0 Å². The van der Waals surface area contributed by atoms with Gasteiger partial charge in [0, 0.05) is 54.5 Å². The topological polar surface area (TPSA) is 39.1 Å². The lowest BCUT2D eigenvalue weighted by atomic mass is 10.3. The van der Waals surface area contributed by atoms with Crippen molar-refractivity contribution >= 4 is 23.1 Å². The van der Waals surface area contributed by atoms with E-state index in [1.807, 2.05) is 23.2 Å². The quantitative estimate of drug-likeness (QED) is 0.825. The molecular weight excluding hydrogens is 250 g/mol. The second-order valence-corrected chi connectivity index (χ2v) is 6.26. The zero-order valence-electron chi connectivity index (χ0n) is 9.82. The predicted molar refractivity (Wildman–Crippen MR) is 74.5 cm³/mol. The maximum atomic E-state index is 8.72. The normalized spacial score (nSPS) is 16.9. The Hall–Kier alpha value is -0.540. The van der Waals surface area contributed by atoms with Crippen LogP contribution in [0.5, 0.6) is 0 Å². The van der Waals surface area contributed by atoms with Gasteiger partial charge >= 0.3 is 0 Å². The minimum absolute atomic E-state index is 0.778. The molecule has 1 N–H and O–H groups in total. The van der Waals surface area contributed by atoms with E-state index in [1.54, 1.807) is 11.3 Å². The van der Waals surface area contributed by atoms with E-state index in [4.69, 9.17) is 5.26 Å². The number of nitrogens with zero attached hydrogens (tertiary/aromatic N) is 2. The van der Waals surface area contributed by atoms with Gasteiger partial charge in [-0.2, -0.15) is 17.0 Å². The van der Waals surface area contributed by atoms with Gasteiger partial charge in [-0.25, -0.2) is 0 Å². The zero-order valence-corrected chi connectivity index (χ0v) is 11.4. The summed E-state index contributed by atoms with van der Waals surface area (Å²) in [6, 6.07) is 4.13. The highest BCUT2D eigenvalue weighted by atomic mass is 32.2. The molecule has 2 heterocycles. The molecule has 0 radical (unpaired) electrons. The third kappa shape index (κ3) is 4.32. The SMILES string of the molecule is N#Cc1csc(CNCCN2CCSCC2)c1. The van der Waals surface area contributed by atoms with E-state index in [0.29, 0.717) is 0 Å². The van der Waals surface area contributed by atoms with Gasteiger partial charge in [-0.3, -0.25) is 0 Å². The lowest BCUT2D eigenvalue weighted by Gasteiger charge is -2.25. The molecule has 0 aliphatic carbocycles. The van der Waals surface area contributed by atoms with Crippen molar-refractivity contribution in [1.29, 1.82) is 5.26 Å².